The van der Waals surface area contributed by atoms with Gasteiger partial charge in [0.25, 0.3) is 0 Å². The van der Waals surface area contributed by atoms with E-state index in [9.17, 15) is 4.79 Å². The molecule has 0 atom stereocenters. The molecule has 2 aromatic heterocycles. The molecular formula is C10H17N5O. The Bertz CT molecular complexity index is 540. The second kappa shape index (κ2) is 4.78. The zero-order valence-corrected chi connectivity index (χ0v) is 10.1. The highest BCUT2D eigenvalue weighted by Crippen LogP contribution is 2.13. The van der Waals surface area contributed by atoms with Crippen LogP contribution in [-0.2, 0) is 13.6 Å². The topological polar surface area (TPSA) is 78.7 Å². The number of nitrogens with two attached hydrogens (primary N) is 1. The Labute approximate surface area is 93.7 Å². The van der Waals surface area contributed by atoms with Gasteiger partial charge in [0, 0.05) is 13.6 Å². The van der Waals surface area contributed by atoms with Gasteiger partial charge in [0.05, 0.1) is 0 Å². The van der Waals surface area contributed by atoms with Crippen LogP contribution in [0.4, 0.5) is 5.82 Å². The number of rotatable bonds is 1. The fourth-order valence-corrected chi connectivity index (χ4v) is 1.55. The quantitative estimate of drug-likeness (QED) is 0.774. The van der Waals surface area contributed by atoms with Crippen molar-refractivity contribution in [2.24, 2.45) is 7.05 Å². The highest BCUT2D eigenvalue weighted by molar-refractivity contribution is 5.81. The van der Waals surface area contributed by atoms with Crippen molar-refractivity contribution in [1.29, 1.82) is 0 Å². The Hall–Kier alpha value is -1.85. The molecule has 0 radical (unpaired) electrons. The molecule has 2 heterocycles. The number of fused-ring (bicyclic) bond motifs is 1. The van der Waals surface area contributed by atoms with E-state index >= 15 is 0 Å². The van der Waals surface area contributed by atoms with E-state index in [1.807, 2.05) is 20.8 Å². The fourth-order valence-electron chi connectivity index (χ4n) is 1.55. The lowest BCUT2D eigenvalue weighted by atomic mass is 10.5. The third-order valence-corrected chi connectivity index (χ3v) is 2.26. The van der Waals surface area contributed by atoms with E-state index in [-0.39, 0.29) is 5.69 Å². The van der Waals surface area contributed by atoms with Gasteiger partial charge in [-0.1, -0.05) is 13.8 Å². The van der Waals surface area contributed by atoms with E-state index in [4.69, 9.17) is 5.73 Å². The van der Waals surface area contributed by atoms with E-state index in [1.165, 1.54) is 10.9 Å². The summed E-state index contributed by atoms with van der Waals surface area (Å²) in [6.07, 6.45) is 1.36. The molecule has 0 saturated heterocycles. The summed E-state index contributed by atoms with van der Waals surface area (Å²) in [6, 6.07) is 0. The van der Waals surface area contributed by atoms with Crippen molar-refractivity contribution >= 4 is 17.0 Å². The van der Waals surface area contributed by atoms with Gasteiger partial charge in [-0.15, -0.1) is 0 Å². The molecule has 0 unspecified atom stereocenters. The van der Waals surface area contributed by atoms with E-state index < -0.39 is 0 Å². The van der Waals surface area contributed by atoms with Crippen LogP contribution in [0.25, 0.3) is 11.2 Å². The Morgan fingerprint density at radius 1 is 1.38 bits per heavy atom. The van der Waals surface area contributed by atoms with Crippen LogP contribution in [0.2, 0.25) is 0 Å². The molecular weight excluding hydrogens is 206 g/mol. The molecule has 0 fully saturated rings. The van der Waals surface area contributed by atoms with Gasteiger partial charge in [0.1, 0.15) is 11.8 Å². The average molecular weight is 223 g/mol. The zero-order valence-electron chi connectivity index (χ0n) is 10.1. The lowest BCUT2D eigenvalue weighted by Crippen LogP contribution is -2.21. The maximum Gasteiger partial charge on any atom is 0.330 e. The van der Waals surface area contributed by atoms with E-state index in [1.54, 1.807) is 11.6 Å². The van der Waals surface area contributed by atoms with Crippen molar-refractivity contribution in [3.05, 3.63) is 16.8 Å². The molecule has 0 aliphatic rings. The van der Waals surface area contributed by atoms with Crippen molar-refractivity contribution in [1.82, 2.24) is 19.1 Å². The number of aryl methyl sites for hydroxylation is 2. The molecule has 88 valence electrons. The highest BCUT2D eigenvalue weighted by Gasteiger charge is 2.12. The van der Waals surface area contributed by atoms with Crippen molar-refractivity contribution < 1.29 is 0 Å². The molecule has 2 rings (SSSR count). The first-order chi connectivity index (χ1) is 7.66. The second-order valence-corrected chi connectivity index (χ2v) is 3.02. The first kappa shape index (κ1) is 12.2. The number of aromatic nitrogens is 4. The number of hydrogen-bond acceptors (Lipinski definition) is 4. The predicted octanol–water partition coefficient (Wildman–Crippen LogP) is 0.758. The Morgan fingerprint density at radius 3 is 2.56 bits per heavy atom. The van der Waals surface area contributed by atoms with Crippen molar-refractivity contribution in [3.8, 4) is 0 Å². The minimum Gasteiger partial charge on any atom is -0.382 e. The molecule has 0 aromatic carbocycles. The first-order valence-corrected chi connectivity index (χ1v) is 5.32. The van der Waals surface area contributed by atoms with Crippen molar-refractivity contribution in [2.45, 2.75) is 27.3 Å². The third kappa shape index (κ3) is 1.66. The smallest absolute Gasteiger partial charge is 0.330 e. The van der Waals surface area contributed by atoms with Crippen LogP contribution >= 0.6 is 0 Å². The average Bonchev–Trinajstić information content (AvgIpc) is 2.55. The molecule has 0 saturated carbocycles. The Kier molecular flexibility index (Phi) is 3.65. The summed E-state index contributed by atoms with van der Waals surface area (Å²) in [7, 11) is 1.66. The van der Waals surface area contributed by atoms with E-state index in [2.05, 4.69) is 9.97 Å². The van der Waals surface area contributed by atoms with Crippen LogP contribution in [0, 0.1) is 0 Å². The number of hydrogen-bond donors (Lipinski definition) is 1. The standard InChI is InChI=1S/C8H11N5O.C2H6/c1-3-13-7-5(12(2)8(13)14)6(9)10-4-11-7;1-2/h4H,3H2,1-2H3,(H2,9,10,11);1-2H3. The molecule has 6 heteroatoms. The first-order valence-electron chi connectivity index (χ1n) is 5.32. The molecule has 0 bridgehead atoms. The Morgan fingerprint density at radius 2 is 2.00 bits per heavy atom. The largest absolute Gasteiger partial charge is 0.382 e. The monoisotopic (exact) mass is 223 g/mol. The molecule has 2 N–H and O–H groups in total. The van der Waals surface area contributed by atoms with Crippen molar-refractivity contribution in [2.75, 3.05) is 5.73 Å². The molecule has 0 aliphatic carbocycles. The van der Waals surface area contributed by atoms with Gasteiger partial charge >= 0.3 is 5.69 Å². The molecule has 0 aliphatic heterocycles. The zero-order chi connectivity index (χ0) is 12.3. The Balaban J connectivity index is 0.000000606. The van der Waals surface area contributed by atoms with Gasteiger partial charge in [-0.2, -0.15) is 0 Å². The van der Waals surface area contributed by atoms with Gasteiger partial charge in [-0.05, 0) is 6.92 Å². The number of imidazole rings is 1. The third-order valence-electron chi connectivity index (χ3n) is 2.26. The summed E-state index contributed by atoms with van der Waals surface area (Å²) in [5.41, 5.74) is 6.74. The summed E-state index contributed by atoms with van der Waals surface area (Å²) < 4.78 is 3.03. The number of anilines is 1. The fraction of sp³-hybridized carbons (Fsp3) is 0.500. The lowest BCUT2D eigenvalue weighted by molar-refractivity contribution is 0.707. The lowest BCUT2D eigenvalue weighted by Gasteiger charge is -1.96. The van der Waals surface area contributed by atoms with E-state index in [0.717, 1.165) is 0 Å². The van der Waals surface area contributed by atoms with Gasteiger partial charge in [0.15, 0.2) is 11.5 Å². The van der Waals surface area contributed by atoms with E-state index in [0.29, 0.717) is 23.5 Å². The summed E-state index contributed by atoms with van der Waals surface area (Å²) in [5.74, 6) is 0.335. The SMILES string of the molecule is CC.CCn1c(=O)n(C)c2c(N)ncnc21. The van der Waals surface area contributed by atoms with Crippen molar-refractivity contribution in [3.63, 3.8) is 0 Å². The van der Waals surface area contributed by atoms with Gasteiger partial charge in [-0.25, -0.2) is 14.8 Å². The molecule has 16 heavy (non-hydrogen) atoms. The summed E-state index contributed by atoms with van der Waals surface area (Å²) in [5, 5.41) is 0. The van der Waals surface area contributed by atoms with Gasteiger partial charge < -0.3 is 5.73 Å². The summed E-state index contributed by atoms with van der Waals surface area (Å²) >= 11 is 0. The summed E-state index contributed by atoms with van der Waals surface area (Å²) in [4.78, 5) is 19.6. The highest BCUT2D eigenvalue weighted by atomic mass is 16.1. The minimum absolute atomic E-state index is 0.116. The predicted molar refractivity (Wildman–Crippen MR) is 64.2 cm³/mol. The minimum atomic E-state index is -0.116. The van der Waals surface area contributed by atoms with Crippen LogP contribution in [0.1, 0.15) is 20.8 Å². The van der Waals surface area contributed by atoms with Crippen LogP contribution < -0.4 is 11.4 Å². The van der Waals surface area contributed by atoms with Crippen LogP contribution in [0.3, 0.4) is 0 Å². The number of nitrogens with zero attached hydrogens (tertiary/aromatic N) is 4. The number of nitrogen functional groups attached to an aromatic ring is 1. The molecule has 2 aromatic rings. The molecule has 0 spiro atoms. The normalized spacial score (nSPS) is 10.0. The molecule has 6 nitrogen and oxygen atoms in total. The second-order valence-electron chi connectivity index (χ2n) is 3.02. The summed E-state index contributed by atoms with van der Waals surface area (Å²) in [6.45, 7) is 6.46. The van der Waals surface area contributed by atoms with Crippen LogP contribution in [0.15, 0.2) is 11.1 Å². The molecule has 0 amide bonds. The van der Waals surface area contributed by atoms with Crippen LogP contribution in [-0.4, -0.2) is 19.1 Å². The van der Waals surface area contributed by atoms with Gasteiger partial charge in [0.2, 0.25) is 0 Å². The maximum atomic E-state index is 11.7. The van der Waals surface area contributed by atoms with Gasteiger partial charge in [-0.3, -0.25) is 9.13 Å². The van der Waals surface area contributed by atoms with Crippen LogP contribution in [0.5, 0.6) is 0 Å². The maximum absolute atomic E-state index is 11.7.